The Kier molecular flexibility index (Phi) is 5.15. The van der Waals surface area contributed by atoms with Gasteiger partial charge in [0.25, 0.3) is 5.91 Å². The molecule has 0 unspecified atom stereocenters. The standard InChI is InChI=1S/C13H20N6OS/c1-3-6-16-13-17-11(14)10(21-13)12(20)15-7-4-9-5-8-19(2)18-9/h5,8H,3-4,6-7,14H2,1-2H3,(H,15,20)(H,16,17). The van der Waals surface area contributed by atoms with E-state index < -0.39 is 0 Å². The van der Waals surface area contributed by atoms with Crippen molar-refractivity contribution in [2.75, 3.05) is 24.1 Å². The Bertz CT molecular complexity index is 606. The molecule has 2 aromatic heterocycles. The zero-order chi connectivity index (χ0) is 15.2. The Labute approximate surface area is 127 Å². The number of nitrogens with two attached hydrogens (primary N) is 1. The van der Waals surface area contributed by atoms with Gasteiger partial charge >= 0.3 is 0 Å². The number of hydrogen-bond donors (Lipinski definition) is 3. The van der Waals surface area contributed by atoms with Crippen LogP contribution >= 0.6 is 11.3 Å². The van der Waals surface area contributed by atoms with Gasteiger partial charge in [-0.1, -0.05) is 18.3 Å². The van der Waals surface area contributed by atoms with Crippen LogP contribution in [0.4, 0.5) is 10.9 Å². The van der Waals surface area contributed by atoms with Crippen molar-refractivity contribution in [3.05, 3.63) is 22.8 Å². The number of anilines is 2. The number of rotatable bonds is 7. The van der Waals surface area contributed by atoms with Crippen molar-refractivity contribution in [2.24, 2.45) is 7.05 Å². The van der Waals surface area contributed by atoms with E-state index in [4.69, 9.17) is 5.73 Å². The van der Waals surface area contributed by atoms with Crippen LogP contribution in [0.2, 0.25) is 0 Å². The molecule has 0 saturated carbocycles. The molecule has 0 bridgehead atoms. The molecule has 0 radical (unpaired) electrons. The fourth-order valence-electron chi connectivity index (χ4n) is 1.78. The summed E-state index contributed by atoms with van der Waals surface area (Å²) in [4.78, 5) is 16.7. The molecular formula is C13H20N6OS. The van der Waals surface area contributed by atoms with Crippen LogP contribution in [0.15, 0.2) is 12.3 Å². The largest absolute Gasteiger partial charge is 0.382 e. The van der Waals surface area contributed by atoms with Crippen LogP contribution in [0, 0.1) is 0 Å². The van der Waals surface area contributed by atoms with Gasteiger partial charge in [-0.25, -0.2) is 4.98 Å². The van der Waals surface area contributed by atoms with Crippen molar-refractivity contribution in [3.63, 3.8) is 0 Å². The molecular weight excluding hydrogens is 288 g/mol. The number of thiazole rings is 1. The van der Waals surface area contributed by atoms with Crippen LogP contribution in [0.5, 0.6) is 0 Å². The van der Waals surface area contributed by atoms with Gasteiger partial charge in [0.15, 0.2) is 5.13 Å². The maximum absolute atomic E-state index is 12.1. The second kappa shape index (κ2) is 7.07. The fraction of sp³-hybridized carbons (Fsp3) is 0.462. The van der Waals surface area contributed by atoms with Gasteiger partial charge in [0.2, 0.25) is 0 Å². The number of carbonyl (C=O) groups is 1. The molecule has 2 aromatic rings. The predicted octanol–water partition coefficient (Wildman–Crippen LogP) is 1.25. The third kappa shape index (κ3) is 4.19. The second-order valence-electron chi connectivity index (χ2n) is 4.65. The predicted molar refractivity (Wildman–Crippen MR) is 84.6 cm³/mol. The molecule has 1 amide bonds. The molecule has 7 nitrogen and oxygen atoms in total. The zero-order valence-electron chi connectivity index (χ0n) is 12.2. The number of aromatic nitrogens is 3. The smallest absolute Gasteiger partial charge is 0.265 e. The highest BCUT2D eigenvalue weighted by Gasteiger charge is 2.15. The van der Waals surface area contributed by atoms with Crippen LogP contribution in [0.25, 0.3) is 0 Å². The minimum absolute atomic E-state index is 0.189. The first-order valence-electron chi connectivity index (χ1n) is 6.87. The Morgan fingerprint density at radius 1 is 1.48 bits per heavy atom. The molecule has 2 rings (SSSR count). The summed E-state index contributed by atoms with van der Waals surface area (Å²) in [5.74, 6) is 0.0828. The molecule has 8 heteroatoms. The highest BCUT2D eigenvalue weighted by molar-refractivity contribution is 7.18. The summed E-state index contributed by atoms with van der Waals surface area (Å²) in [7, 11) is 1.87. The number of nitrogen functional groups attached to an aromatic ring is 1. The van der Waals surface area contributed by atoms with Gasteiger partial charge in [-0.15, -0.1) is 0 Å². The first-order valence-corrected chi connectivity index (χ1v) is 7.68. The number of nitrogens with zero attached hydrogens (tertiary/aromatic N) is 3. The maximum Gasteiger partial charge on any atom is 0.265 e. The van der Waals surface area contributed by atoms with E-state index in [-0.39, 0.29) is 11.7 Å². The van der Waals surface area contributed by atoms with Gasteiger partial charge in [0.05, 0.1) is 5.69 Å². The normalized spacial score (nSPS) is 10.6. The molecule has 114 valence electrons. The molecule has 0 aliphatic rings. The second-order valence-corrected chi connectivity index (χ2v) is 5.65. The summed E-state index contributed by atoms with van der Waals surface area (Å²) < 4.78 is 1.74. The van der Waals surface area contributed by atoms with E-state index in [1.54, 1.807) is 4.68 Å². The lowest BCUT2D eigenvalue weighted by Gasteiger charge is -2.02. The third-order valence-electron chi connectivity index (χ3n) is 2.82. The van der Waals surface area contributed by atoms with Crippen LogP contribution in [0.3, 0.4) is 0 Å². The lowest BCUT2D eigenvalue weighted by Crippen LogP contribution is -2.25. The minimum Gasteiger partial charge on any atom is -0.382 e. The lowest BCUT2D eigenvalue weighted by molar-refractivity contribution is 0.0959. The van der Waals surface area contributed by atoms with E-state index in [1.807, 2.05) is 19.3 Å². The van der Waals surface area contributed by atoms with Gasteiger partial charge in [-0.3, -0.25) is 9.48 Å². The first kappa shape index (κ1) is 15.3. The van der Waals surface area contributed by atoms with E-state index in [9.17, 15) is 4.79 Å². The molecule has 4 N–H and O–H groups in total. The number of nitrogens with one attached hydrogen (secondary N) is 2. The molecule has 0 aliphatic heterocycles. The average molecular weight is 308 g/mol. The molecule has 2 heterocycles. The maximum atomic E-state index is 12.1. The summed E-state index contributed by atoms with van der Waals surface area (Å²) in [5.41, 5.74) is 6.73. The van der Waals surface area contributed by atoms with Crippen LogP contribution in [-0.2, 0) is 13.5 Å². The zero-order valence-corrected chi connectivity index (χ0v) is 13.0. The molecule has 0 fully saturated rings. The van der Waals surface area contributed by atoms with Crippen molar-refractivity contribution in [3.8, 4) is 0 Å². The van der Waals surface area contributed by atoms with Gasteiger partial charge in [0, 0.05) is 32.8 Å². The molecule has 21 heavy (non-hydrogen) atoms. The van der Waals surface area contributed by atoms with E-state index in [1.165, 1.54) is 11.3 Å². The summed E-state index contributed by atoms with van der Waals surface area (Å²) in [5, 5.41) is 10.9. The summed E-state index contributed by atoms with van der Waals surface area (Å²) in [6.45, 7) is 3.40. The minimum atomic E-state index is -0.189. The summed E-state index contributed by atoms with van der Waals surface area (Å²) in [6.07, 6.45) is 3.56. The highest BCUT2D eigenvalue weighted by Crippen LogP contribution is 2.24. The summed E-state index contributed by atoms with van der Waals surface area (Å²) >= 11 is 1.28. The quantitative estimate of drug-likeness (QED) is 0.715. The Morgan fingerprint density at radius 3 is 2.95 bits per heavy atom. The number of amides is 1. The number of carbonyl (C=O) groups excluding carboxylic acids is 1. The third-order valence-corrected chi connectivity index (χ3v) is 3.85. The summed E-state index contributed by atoms with van der Waals surface area (Å²) in [6, 6.07) is 1.93. The highest BCUT2D eigenvalue weighted by atomic mass is 32.1. The first-order chi connectivity index (χ1) is 10.1. The molecule has 0 spiro atoms. The molecule has 0 aromatic carbocycles. The Hall–Kier alpha value is -2.09. The van der Waals surface area contributed by atoms with Gasteiger partial charge in [-0.2, -0.15) is 5.10 Å². The fourth-order valence-corrected chi connectivity index (χ4v) is 2.61. The molecule has 0 saturated heterocycles. The van der Waals surface area contributed by atoms with Gasteiger partial charge in [-0.05, 0) is 12.5 Å². The van der Waals surface area contributed by atoms with Gasteiger partial charge in [0.1, 0.15) is 10.7 Å². The average Bonchev–Trinajstić information content (AvgIpc) is 3.02. The topological polar surface area (TPSA) is 97.9 Å². The van der Waals surface area contributed by atoms with Crippen molar-refractivity contribution >= 4 is 28.2 Å². The van der Waals surface area contributed by atoms with E-state index in [0.29, 0.717) is 23.0 Å². The van der Waals surface area contributed by atoms with Crippen molar-refractivity contribution in [1.29, 1.82) is 0 Å². The van der Waals surface area contributed by atoms with Crippen molar-refractivity contribution in [1.82, 2.24) is 20.1 Å². The van der Waals surface area contributed by atoms with Crippen LogP contribution in [0.1, 0.15) is 28.7 Å². The Balaban J connectivity index is 1.86. The van der Waals surface area contributed by atoms with Gasteiger partial charge < -0.3 is 16.4 Å². The van der Waals surface area contributed by atoms with E-state index >= 15 is 0 Å². The van der Waals surface area contributed by atoms with Crippen LogP contribution in [-0.4, -0.2) is 33.8 Å². The van der Waals surface area contributed by atoms with E-state index in [2.05, 4.69) is 27.6 Å². The molecule has 0 atom stereocenters. The van der Waals surface area contributed by atoms with Crippen molar-refractivity contribution in [2.45, 2.75) is 19.8 Å². The van der Waals surface area contributed by atoms with Crippen molar-refractivity contribution < 1.29 is 4.79 Å². The SMILES string of the molecule is CCCNc1nc(N)c(C(=O)NCCc2ccn(C)n2)s1. The van der Waals surface area contributed by atoms with Crippen LogP contribution < -0.4 is 16.4 Å². The lowest BCUT2D eigenvalue weighted by atomic mass is 10.3. The monoisotopic (exact) mass is 308 g/mol. The Morgan fingerprint density at radius 2 is 2.29 bits per heavy atom. The number of hydrogen-bond acceptors (Lipinski definition) is 6. The van der Waals surface area contributed by atoms with E-state index in [0.717, 1.165) is 18.7 Å². The molecule has 0 aliphatic carbocycles. The number of aryl methyl sites for hydroxylation is 1.